The highest BCUT2D eigenvalue weighted by atomic mass is 16.5. The second kappa shape index (κ2) is 9.07. The summed E-state index contributed by atoms with van der Waals surface area (Å²) in [5, 5.41) is 2.91. The lowest BCUT2D eigenvalue weighted by molar-refractivity contribution is -0.143. The van der Waals surface area contributed by atoms with Gasteiger partial charge in [0, 0.05) is 18.8 Å². The minimum Gasteiger partial charge on any atom is -0.466 e. The fourth-order valence-corrected chi connectivity index (χ4v) is 2.08. The predicted octanol–water partition coefficient (Wildman–Crippen LogP) is 3.44. The average molecular weight is 306 g/mol. The summed E-state index contributed by atoms with van der Waals surface area (Å²) in [5.74, 6) is 0.0461. The zero-order valence-electron chi connectivity index (χ0n) is 13.9. The molecule has 1 N–H and O–H groups in total. The first-order valence-electron chi connectivity index (χ1n) is 7.71. The predicted molar refractivity (Wildman–Crippen MR) is 87.9 cm³/mol. The van der Waals surface area contributed by atoms with Gasteiger partial charge in [-0.2, -0.15) is 0 Å². The number of carbonyl (C=O) groups excluding carboxylic acids is 2. The Bertz CT molecular complexity index is 500. The molecule has 0 unspecified atom stereocenters. The van der Waals surface area contributed by atoms with E-state index in [0.717, 1.165) is 11.3 Å². The van der Waals surface area contributed by atoms with Gasteiger partial charge in [0.2, 0.25) is 0 Å². The number of aryl methyl sites for hydroxylation is 1. The molecule has 5 heteroatoms. The van der Waals surface area contributed by atoms with Gasteiger partial charge in [0.1, 0.15) is 0 Å². The Morgan fingerprint density at radius 2 is 1.95 bits per heavy atom. The number of hydrogen-bond acceptors (Lipinski definition) is 3. The van der Waals surface area contributed by atoms with Crippen LogP contribution in [0.3, 0.4) is 0 Å². The van der Waals surface area contributed by atoms with E-state index in [1.165, 1.54) is 0 Å². The summed E-state index contributed by atoms with van der Waals surface area (Å²) in [6.45, 7) is 9.11. The maximum absolute atomic E-state index is 12.4. The molecule has 0 atom stereocenters. The van der Waals surface area contributed by atoms with Crippen molar-refractivity contribution in [1.82, 2.24) is 4.90 Å². The zero-order valence-corrected chi connectivity index (χ0v) is 13.9. The van der Waals surface area contributed by atoms with Crippen molar-refractivity contribution in [3.63, 3.8) is 0 Å². The Labute approximate surface area is 132 Å². The number of urea groups is 1. The third-order valence-electron chi connectivity index (χ3n) is 3.15. The van der Waals surface area contributed by atoms with Crippen molar-refractivity contribution < 1.29 is 14.3 Å². The fourth-order valence-electron chi connectivity index (χ4n) is 2.08. The third-order valence-corrected chi connectivity index (χ3v) is 3.15. The lowest BCUT2D eigenvalue weighted by Gasteiger charge is -2.25. The van der Waals surface area contributed by atoms with Crippen LogP contribution in [0.4, 0.5) is 10.5 Å². The Morgan fingerprint density at radius 1 is 1.27 bits per heavy atom. The van der Waals surface area contributed by atoms with E-state index in [0.29, 0.717) is 25.6 Å². The molecule has 0 fully saturated rings. The minimum absolute atomic E-state index is 0.188. The number of esters is 1. The molecule has 0 heterocycles. The van der Waals surface area contributed by atoms with Crippen molar-refractivity contribution in [2.24, 2.45) is 5.92 Å². The van der Waals surface area contributed by atoms with E-state index in [2.05, 4.69) is 5.32 Å². The van der Waals surface area contributed by atoms with E-state index >= 15 is 0 Å². The number of para-hydroxylation sites is 1. The molecule has 2 amide bonds. The molecule has 0 aliphatic heterocycles. The standard InChI is InChI=1S/C17H26N2O3/c1-5-22-16(20)10-11-19(12-13(2)3)17(21)18-15-9-7-6-8-14(15)4/h6-9,13H,5,10-12H2,1-4H3,(H,18,21). The lowest BCUT2D eigenvalue weighted by atomic mass is 10.2. The first-order chi connectivity index (χ1) is 10.4. The van der Waals surface area contributed by atoms with Crippen LogP contribution in [0.1, 0.15) is 32.8 Å². The minimum atomic E-state index is -0.278. The van der Waals surface area contributed by atoms with Gasteiger partial charge in [-0.25, -0.2) is 4.79 Å². The van der Waals surface area contributed by atoms with Gasteiger partial charge in [-0.05, 0) is 31.4 Å². The largest absolute Gasteiger partial charge is 0.466 e. The summed E-state index contributed by atoms with van der Waals surface area (Å²) in [4.78, 5) is 25.6. The maximum Gasteiger partial charge on any atom is 0.321 e. The molecule has 1 aromatic rings. The average Bonchev–Trinajstić information content (AvgIpc) is 2.45. The number of amides is 2. The monoisotopic (exact) mass is 306 g/mol. The number of nitrogens with zero attached hydrogens (tertiary/aromatic N) is 1. The van der Waals surface area contributed by atoms with Crippen molar-refractivity contribution >= 4 is 17.7 Å². The van der Waals surface area contributed by atoms with Crippen molar-refractivity contribution in [1.29, 1.82) is 0 Å². The highest BCUT2D eigenvalue weighted by Crippen LogP contribution is 2.14. The molecule has 0 saturated carbocycles. The number of carbonyl (C=O) groups is 2. The van der Waals surface area contributed by atoms with Crippen molar-refractivity contribution in [2.45, 2.75) is 34.1 Å². The number of nitrogens with one attached hydrogen (secondary N) is 1. The van der Waals surface area contributed by atoms with Gasteiger partial charge in [-0.3, -0.25) is 4.79 Å². The summed E-state index contributed by atoms with van der Waals surface area (Å²) in [5.41, 5.74) is 1.79. The summed E-state index contributed by atoms with van der Waals surface area (Å²) in [6, 6.07) is 7.44. The van der Waals surface area contributed by atoms with E-state index in [1.54, 1.807) is 11.8 Å². The number of benzene rings is 1. The zero-order chi connectivity index (χ0) is 16.5. The highest BCUT2D eigenvalue weighted by molar-refractivity contribution is 5.90. The van der Waals surface area contributed by atoms with E-state index < -0.39 is 0 Å². The summed E-state index contributed by atoms with van der Waals surface area (Å²) in [6.07, 6.45) is 0.210. The van der Waals surface area contributed by atoms with Crippen LogP contribution in [-0.2, 0) is 9.53 Å². The van der Waals surface area contributed by atoms with Gasteiger partial charge < -0.3 is 15.0 Å². The molecule has 5 nitrogen and oxygen atoms in total. The Kier molecular flexibility index (Phi) is 7.43. The summed E-state index contributed by atoms with van der Waals surface area (Å²) in [7, 11) is 0. The van der Waals surface area contributed by atoms with Gasteiger partial charge in [-0.1, -0.05) is 32.0 Å². The fraction of sp³-hybridized carbons (Fsp3) is 0.529. The Morgan fingerprint density at radius 3 is 2.55 bits per heavy atom. The van der Waals surface area contributed by atoms with E-state index in [9.17, 15) is 9.59 Å². The molecule has 0 aromatic heterocycles. The van der Waals surface area contributed by atoms with E-state index in [1.807, 2.05) is 45.0 Å². The summed E-state index contributed by atoms with van der Waals surface area (Å²) < 4.78 is 4.92. The Hall–Kier alpha value is -2.04. The highest BCUT2D eigenvalue weighted by Gasteiger charge is 2.17. The van der Waals surface area contributed by atoms with Gasteiger partial charge in [0.05, 0.1) is 13.0 Å². The number of anilines is 1. The molecule has 0 saturated heterocycles. The third kappa shape index (κ3) is 6.16. The molecule has 0 spiro atoms. The molecular formula is C17H26N2O3. The molecule has 0 aliphatic rings. The van der Waals surface area contributed by atoms with Crippen LogP contribution in [0.5, 0.6) is 0 Å². The van der Waals surface area contributed by atoms with Crippen LogP contribution < -0.4 is 5.32 Å². The molecule has 0 bridgehead atoms. The number of ether oxygens (including phenoxy) is 1. The second-order valence-corrected chi connectivity index (χ2v) is 5.64. The van der Waals surface area contributed by atoms with Crippen molar-refractivity contribution in [2.75, 3.05) is 25.0 Å². The molecule has 0 radical (unpaired) electrons. The normalized spacial score (nSPS) is 10.4. The SMILES string of the molecule is CCOC(=O)CCN(CC(C)C)C(=O)Nc1ccccc1C. The van der Waals surface area contributed by atoms with Crippen LogP contribution >= 0.6 is 0 Å². The van der Waals surface area contributed by atoms with Gasteiger partial charge in [0.25, 0.3) is 0 Å². The number of rotatable bonds is 7. The quantitative estimate of drug-likeness (QED) is 0.785. The van der Waals surface area contributed by atoms with Crippen LogP contribution in [0.2, 0.25) is 0 Å². The maximum atomic E-state index is 12.4. The Balaban J connectivity index is 2.67. The topological polar surface area (TPSA) is 58.6 Å². The molecule has 1 aromatic carbocycles. The lowest BCUT2D eigenvalue weighted by Crippen LogP contribution is -2.39. The summed E-state index contributed by atoms with van der Waals surface area (Å²) >= 11 is 0. The first kappa shape index (κ1) is 18.0. The van der Waals surface area contributed by atoms with E-state index in [-0.39, 0.29) is 18.4 Å². The first-order valence-corrected chi connectivity index (χ1v) is 7.71. The van der Waals surface area contributed by atoms with Crippen molar-refractivity contribution in [3.8, 4) is 0 Å². The van der Waals surface area contributed by atoms with Crippen LogP contribution in [0.15, 0.2) is 24.3 Å². The van der Waals surface area contributed by atoms with Gasteiger partial charge in [-0.15, -0.1) is 0 Å². The van der Waals surface area contributed by atoms with E-state index in [4.69, 9.17) is 4.74 Å². The molecular weight excluding hydrogens is 280 g/mol. The number of hydrogen-bond donors (Lipinski definition) is 1. The van der Waals surface area contributed by atoms with Crippen LogP contribution in [0.25, 0.3) is 0 Å². The van der Waals surface area contributed by atoms with Gasteiger partial charge >= 0.3 is 12.0 Å². The molecule has 122 valence electrons. The molecule has 1 rings (SSSR count). The smallest absolute Gasteiger partial charge is 0.321 e. The van der Waals surface area contributed by atoms with Crippen LogP contribution in [0, 0.1) is 12.8 Å². The van der Waals surface area contributed by atoms with Crippen molar-refractivity contribution in [3.05, 3.63) is 29.8 Å². The van der Waals surface area contributed by atoms with Crippen LogP contribution in [-0.4, -0.2) is 36.6 Å². The molecule has 22 heavy (non-hydrogen) atoms. The second-order valence-electron chi connectivity index (χ2n) is 5.64. The van der Waals surface area contributed by atoms with Gasteiger partial charge in [0.15, 0.2) is 0 Å². The molecule has 0 aliphatic carbocycles.